The number of nitrogens with zero attached hydrogens (tertiary/aromatic N) is 1. The van der Waals surface area contributed by atoms with Gasteiger partial charge in [0.2, 0.25) is 0 Å². The van der Waals surface area contributed by atoms with Crippen LogP contribution in [0.5, 0.6) is 0 Å². The average Bonchev–Trinajstić information content (AvgIpc) is 2.14. The molecule has 8 heteroatoms. The van der Waals surface area contributed by atoms with Gasteiger partial charge in [-0.15, -0.1) is 11.6 Å². The topological polar surface area (TPSA) is 12.9 Å². The first-order chi connectivity index (χ1) is 7.27. The second-order valence-electron chi connectivity index (χ2n) is 2.80. The first-order valence-corrected chi connectivity index (χ1v) is 5.49. The molecular weight excluding hydrogens is 367 g/mol. The second kappa shape index (κ2) is 4.99. The zero-order chi connectivity index (χ0) is 12.5. The van der Waals surface area contributed by atoms with Crippen LogP contribution in [-0.4, -0.2) is 4.98 Å². The average molecular weight is 371 g/mol. The van der Waals surface area contributed by atoms with Gasteiger partial charge in [0.1, 0.15) is 9.39 Å². The molecule has 1 heterocycles. The molecule has 0 aliphatic rings. The van der Waals surface area contributed by atoms with Crippen molar-refractivity contribution in [3.05, 3.63) is 26.6 Å². The highest BCUT2D eigenvalue weighted by atomic mass is 127. The minimum absolute atomic E-state index is 0.155. The summed E-state index contributed by atoms with van der Waals surface area (Å²) in [5.41, 5.74) is -2.33. The molecule has 0 radical (unpaired) electrons. The van der Waals surface area contributed by atoms with Crippen LogP contribution in [0.15, 0.2) is 6.07 Å². The molecule has 0 aliphatic carbocycles. The molecule has 1 aromatic rings. The van der Waals surface area contributed by atoms with E-state index in [2.05, 4.69) is 4.98 Å². The summed E-state index contributed by atoms with van der Waals surface area (Å²) in [7, 11) is 0. The number of hydrogen-bond acceptors (Lipinski definition) is 1. The van der Waals surface area contributed by atoms with Crippen molar-refractivity contribution in [2.45, 2.75) is 18.5 Å². The second-order valence-corrected chi connectivity index (χ2v) is 4.09. The molecular formula is C8H4ClF5IN. The normalized spacial score (nSPS) is 12.2. The molecule has 0 aliphatic heterocycles. The Kier molecular flexibility index (Phi) is 4.33. The Morgan fingerprint density at radius 1 is 1.38 bits per heavy atom. The molecule has 0 unspecified atom stereocenters. The lowest BCUT2D eigenvalue weighted by Crippen LogP contribution is -2.12. The number of aromatic nitrogens is 1. The van der Waals surface area contributed by atoms with Crippen LogP contribution in [0.2, 0.25) is 0 Å². The lowest BCUT2D eigenvalue weighted by atomic mass is 10.1. The largest absolute Gasteiger partial charge is 0.416 e. The van der Waals surface area contributed by atoms with Crippen molar-refractivity contribution in [3.8, 4) is 0 Å². The molecule has 1 rings (SSSR count). The van der Waals surface area contributed by atoms with E-state index in [-0.39, 0.29) is 9.26 Å². The summed E-state index contributed by atoms with van der Waals surface area (Å²) in [5.74, 6) is -0.427. The van der Waals surface area contributed by atoms with Gasteiger partial charge in [-0.25, -0.2) is 13.8 Å². The van der Waals surface area contributed by atoms with E-state index in [1.165, 1.54) is 22.6 Å². The third kappa shape index (κ3) is 2.93. The lowest BCUT2D eigenvalue weighted by Gasteiger charge is -2.13. The maximum absolute atomic E-state index is 12.5. The van der Waals surface area contributed by atoms with Gasteiger partial charge in [-0.3, -0.25) is 0 Å². The third-order valence-corrected chi connectivity index (χ3v) is 2.92. The van der Waals surface area contributed by atoms with Crippen molar-refractivity contribution in [1.29, 1.82) is 0 Å². The zero-order valence-corrected chi connectivity index (χ0v) is 10.4. The van der Waals surface area contributed by atoms with Crippen molar-refractivity contribution in [3.63, 3.8) is 0 Å². The summed E-state index contributed by atoms with van der Waals surface area (Å²) < 4.78 is 62.0. The molecule has 90 valence electrons. The fourth-order valence-corrected chi connectivity index (χ4v) is 2.31. The molecule has 0 atom stereocenters. The molecule has 0 saturated heterocycles. The van der Waals surface area contributed by atoms with Crippen molar-refractivity contribution in [2.24, 2.45) is 0 Å². The lowest BCUT2D eigenvalue weighted by molar-refractivity contribution is -0.138. The summed E-state index contributed by atoms with van der Waals surface area (Å²) in [4.78, 5) is 3.37. The first-order valence-electron chi connectivity index (χ1n) is 3.88. The number of rotatable bonds is 2. The van der Waals surface area contributed by atoms with Crippen LogP contribution in [0.25, 0.3) is 0 Å². The molecule has 0 bridgehead atoms. The van der Waals surface area contributed by atoms with Crippen LogP contribution in [0, 0.1) is 3.70 Å². The first kappa shape index (κ1) is 13.9. The summed E-state index contributed by atoms with van der Waals surface area (Å²) in [6, 6.07) is 0.338. The maximum atomic E-state index is 12.5. The number of alkyl halides is 6. The van der Waals surface area contributed by atoms with Gasteiger partial charge in [0.15, 0.2) is 0 Å². The van der Waals surface area contributed by atoms with E-state index in [1.807, 2.05) is 0 Å². The molecule has 0 fully saturated rings. The summed E-state index contributed by atoms with van der Waals surface area (Å²) >= 11 is 6.80. The summed E-state index contributed by atoms with van der Waals surface area (Å²) in [6.07, 6.45) is -7.75. The van der Waals surface area contributed by atoms with Gasteiger partial charge in [0.25, 0.3) is 6.43 Å². The molecule has 0 saturated carbocycles. The highest BCUT2D eigenvalue weighted by molar-refractivity contribution is 14.1. The quantitative estimate of drug-likeness (QED) is 0.325. The van der Waals surface area contributed by atoms with E-state index in [0.717, 1.165) is 0 Å². The van der Waals surface area contributed by atoms with Gasteiger partial charge in [-0.2, -0.15) is 13.2 Å². The van der Waals surface area contributed by atoms with Crippen molar-refractivity contribution in [2.75, 3.05) is 0 Å². The van der Waals surface area contributed by atoms with Crippen LogP contribution in [0.3, 0.4) is 0 Å². The molecule has 0 spiro atoms. The van der Waals surface area contributed by atoms with E-state index in [4.69, 9.17) is 11.6 Å². The van der Waals surface area contributed by atoms with E-state index >= 15 is 0 Å². The van der Waals surface area contributed by atoms with Gasteiger partial charge < -0.3 is 0 Å². The number of pyridine rings is 1. The Morgan fingerprint density at radius 2 is 1.94 bits per heavy atom. The van der Waals surface area contributed by atoms with Gasteiger partial charge in [0, 0.05) is 5.56 Å². The molecule has 16 heavy (non-hydrogen) atoms. The number of hydrogen-bond donors (Lipinski definition) is 0. The van der Waals surface area contributed by atoms with Crippen LogP contribution in [0.1, 0.15) is 23.2 Å². The van der Waals surface area contributed by atoms with E-state index in [9.17, 15) is 22.0 Å². The van der Waals surface area contributed by atoms with Gasteiger partial charge in [-0.05, 0) is 28.7 Å². The molecule has 0 amide bonds. The fraction of sp³-hybridized carbons (Fsp3) is 0.375. The highest BCUT2D eigenvalue weighted by Crippen LogP contribution is 2.36. The molecule has 0 aromatic carbocycles. The van der Waals surface area contributed by atoms with Crippen molar-refractivity contribution < 1.29 is 22.0 Å². The SMILES string of the molecule is FC(F)c1cc(C(F)(F)F)c(CCl)c(I)n1. The predicted octanol–water partition coefficient (Wildman–Crippen LogP) is 4.38. The van der Waals surface area contributed by atoms with Crippen LogP contribution >= 0.6 is 34.2 Å². The van der Waals surface area contributed by atoms with Gasteiger partial charge in [-0.1, -0.05) is 0 Å². The van der Waals surface area contributed by atoms with E-state index in [0.29, 0.717) is 6.07 Å². The smallest absolute Gasteiger partial charge is 0.241 e. The van der Waals surface area contributed by atoms with Gasteiger partial charge >= 0.3 is 6.18 Å². The number of halogens is 7. The standard InChI is InChI=1S/C8H4ClF5IN/c9-2-3-4(8(12,13)14)1-5(6(10)11)16-7(3)15/h1,6H,2H2. The Hall–Kier alpha value is -0.180. The Labute approximate surface area is 106 Å². The highest BCUT2D eigenvalue weighted by Gasteiger charge is 2.35. The monoisotopic (exact) mass is 371 g/mol. The van der Waals surface area contributed by atoms with Crippen molar-refractivity contribution >= 4 is 34.2 Å². The molecule has 0 N–H and O–H groups in total. The Morgan fingerprint density at radius 3 is 2.31 bits per heavy atom. The van der Waals surface area contributed by atoms with Crippen LogP contribution in [-0.2, 0) is 12.1 Å². The van der Waals surface area contributed by atoms with Crippen LogP contribution in [0.4, 0.5) is 22.0 Å². The van der Waals surface area contributed by atoms with Gasteiger partial charge in [0.05, 0.1) is 11.4 Å². The minimum Gasteiger partial charge on any atom is -0.241 e. The van der Waals surface area contributed by atoms with E-state index < -0.39 is 29.7 Å². The Bertz CT molecular complexity index is 393. The fourth-order valence-electron chi connectivity index (χ4n) is 1.05. The Balaban J connectivity index is 3.43. The maximum Gasteiger partial charge on any atom is 0.416 e. The van der Waals surface area contributed by atoms with E-state index in [1.54, 1.807) is 0 Å². The molecule has 1 aromatic heterocycles. The third-order valence-electron chi connectivity index (χ3n) is 1.76. The zero-order valence-electron chi connectivity index (χ0n) is 7.45. The predicted molar refractivity (Wildman–Crippen MR) is 56.5 cm³/mol. The molecule has 1 nitrogen and oxygen atoms in total. The summed E-state index contributed by atoms with van der Waals surface area (Å²) in [5, 5.41) is 0. The van der Waals surface area contributed by atoms with Crippen LogP contribution < -0.4 is 0 Å². The van der Waals surface area contributed by atoms with Crippen molar-refractivity contribution in [1.82, 2.24) is 4.98 Å². The summed E-state index contributed by atoms with van der Waals surface area (Å²) in [6.45, 7) is 0. The minimum atomic E-state index is -4.71.